The molecule has 9 aromatic rings. The molecule has 1 aliphatic heterocycles. The second-order valence-electron chi connectivity index (χ2n) is 14.1. The van der Waals surface area contributed by atoms with Crippen LogP contribution in [0.5, 0.6) is 0 Å². The molecule has 50 heavy (non-hydrogen) atoms. The van der Waals surface area contributed by atoms with E-state index in [9.17, 15) is 0 Å². The zero-order chi connectivity index (χ0) is 32.8. The highest BCUT2D eigenvalue weighted by molar-refractivity contribution is 6.22. The van der Waals surface area contributed by atoms with E-state index < -0.39 is 0 Å². The Bertz CT molecular complexity index is 2740. The van der Waals surface area contributed by atoms with Crippen molar-refractivity contribution in [3.05, 3.63) is 151 Å². The molecule has 2 aromatic heterocycles. The first-order chi connectivity index (χ1) is 24.8. The van der Waals surface area contributed by atoms with E-state index >= 15 is 0 Å². The molecule has 0 N–H and O–H groups in total. The van der Waals surface area contributed by atoms with Crippen molar-refractivity contribution in [1.29, 1.82) is 0 Å². The Hall–Kier alpha value is -5.93. The van der Waals surface area contributed by atoms with E-state index in [0.29, 0.717) is 12.0 Å². The van der Waals surface area contributed by atoms with Crippen LogP contribution in [0.2, 0.25) is 0 Å². The normalized spacial score (nSPS) is 17.2. The number of nitrogens with zero attached hydrogens (tertiary/aromatic N) is 2. The number of aromatic nitrogens is 1. The van der Waals surface area contributed by atoms with Crippen molar-refractivity contribution in [3.63, 3.8) is 0 Å². The van der Waals surface area contributed by atoms with Crippen LogP contribution in [0.3, 0.4) is 0 Å². The molecule has 0 spiro atoms. The first-order valence-electron chi connectivity index (χ1n) is 17.9. The average Bonchev–Trinajstić information content (AvgIpc) is 3.70. The van der Waals surface area contributed by atoms with Gasteiger partial charge in [0.05, 0.1) is 5.52 Å². The first-order valence-corrected chi connectivity index (χ1v) is 17.9. The van der Waals surface area contributed by atoms with Gasteiger partial charge in [-0.2, -0.15) is 0 Å². The largest absolute Gasteiger partial charge is 0.456 e. The van der Waals surface area contributed by atoms with Gasteiger partial charge < -0.3 is 9.32 Å². The van der Waals surface area contributed by atoms with Gasteiger partial charge in [0.2, 0.25) is 0 Å². The van der Waals surface area contributed by atoms with Crippen molar-refractivity contribution in [1.82, 2.24) is 4.98 Å². The summed E-state index contributed by atoms with van der Waals surface area (Å²) in [7, 11) is 0. The number of rotatable bonds is 3. The van der Waals surface area contributed by atoms with E-state index in [1.165, 1.54) is 86.4 Å². The molecule has 3 heterocycles. The molecule has 0 bridgehead atoms. The Labute approximate surface area is 290 Å². The lowest BCUT2D eigenvalue weighted by molar-refractivity contribution is 0.402. The number of hydrogen-bond acceptors (Lipinski definition) is 3. The second-order valence-corrected chi connectivity index (χ2v) is 14.1. The highest BCUT2D eigenvalue weighted by Crippen LogP contribution is 2.53. The van der Waals surface area contributed by atoms with Gasteiger partial charge in [0, 0.05) is 51.8 Å². The van der Waals surface area contributed by atoms with E-state index in [0.717, 1.165) is 32.8 Å². The molecule has 3 nitrogen and oxygen atoms in total. The smallest absolute Gasteiger partial charge is 0.137 e. The predicted molar refractivity (Wildman–Crippen MR) is 208 cm³/mol. The molecule has 0 radical (unpaired) electrons. The molecule has 0 saturated heterocycles. The first kappa shape index (κ1) is 28.0. The summed E-state index contributed by atoms with van der Waals surface area (Å²) >= 11 is 0. The Kier molecular flexibility index (Phi) is 6.03. The molecule has 11 rings (SSSR count). The number of furan rings is 1. The fraction of sp³-hybridized carbons (Fsp3) is 0.128. The maximum atomic E-state index is 6.37. The van der Waals surface area contributed by atoms with Gasteiger partial charge in [0.25, 0.3) is 0 Å². The Morgan fingerprint density at radius 2 is 1.20 bits per heavy atom. The van der Waals surface area contributed by atoms with Gasteiger partial charge in [0.15, 0.2) is 0 Å². The summed E-state index contributed by atoms with van der Waals surface area (Å²) < 4.78 is 6.37. The molecular formula is C47H34N2O. The Morgan fingerprint density at radius 3 is 1.96 bits per heavy atom. The van der Waals surface area contributed by atoms with E-state index in [4.69, 9.17) is 4.42 Å². The van der Waals surface area contributed by atoms with Gasteiger partial charge in [-0.25, -0.2) is 0 Å². The fourth-order valence-corrected chi connectivity index (χ4v) is 9.36. The Morgan fingerprint density at radius 1 is 0.540 bits per heavy atom. The van der Waals surface area contributed by atoms with Crippen molar-refractivity contribution < 1.29 is 4.42 Å². The summed E-state index contributed by atoms with van der Waals surface area (Å²) in [4.78, 5) is 7.20. The third kappa shape index (κ3) is 4.07. The average molecular weight is 643 g/mol. The van der Waals surface area contributed by atoms with E-state index in [2.05, 4.69) is 143 Å². The van der Waals surface area contributed by atoms with Crippen molar-refractivity contribution >= 4 is 65.8 Å². The number of para-hydroxylation sites is 1. The lowest BCUT2D eigenvalue weighted by Gasteiger charge is -2.33. The molecule has 2 unspecified atom stereocenters. The van der Waals surface area contributed by atoms with E-state index in [1.807, 2.05) is 12.3 Å². The molecule has 2 aliphatic rings. The topological polar surface area (TPSA) is 29.3 Å². The van der Waals surface area contributed by atoms with Crippen LogP contribution < -0.4 is 4.90 Å². The third-order valence-electron chi connectivity index (χ3n) is 11.5. The van der Waals surface area contributed by atoms with Crippen LogP contribution in [0.1, 0.15) is 37.2 Å². The second kappa shape index (κ2) is 10.8. The van der Waals surface area contributed by atoms with Crippen LogP contribution >= 0.6 is 0 Å². The standard InChI is InChI=1S/C47H34N2O/c1-2-12-32(13-3-1)49-42-19-9-8-14-33(42)38-26-30(20-22-43(38)49)46-34-15-4-6-17-36(34)47(37-18-7-5-16-35(37)46)31-21-23-44-39(27-31)40-25-29-11-10-24-48-41(29)28-45(40)50-44/h1-7,10-13,15-18,20-28,33,42H,8-9,14,19H2. The lowest BCUT2D eigenvalue weighted by Crippen LogP contribution is -2.32. The number of benzene rings is 7. The summed E-state index contributed by atoms with van der Waals surface area (Å²) in [6.45, 7) is 0. The minimum Gasteiger partial charge on any atom is -0.456 e. The van der Waals surface area contributed by atoms with Gasteiger partial charge in [-0.3, -0.25) is 4.98 Å². The maximum Gasteiger partial charge on any atom is 0.137 e. The van der Waals surface area contributed by atoms with Crippen LogP contribution in [-0.4, -0.2) is 11.0 Å². The molecule has 1 aliphatic carbocycles. The van der Waals surface area contributed by atoms with Gasteiger partial charge in [0.1, 0.15) is 11.2 Å². The van der Waals surface area contributed by atoms with Crippen LogP contribution in [0.25, 0.3) is 76.6 Å². The number of hydrogen-bond donors (Lipinski definition) is 0. The zero-order valence-corrected chi connectivity index (χ0v) is 27.6. The fourth-order valence-electron chi connectivity index (χ4n) is 9.36. The monoisotopic (exact) mass is 642 g/mol. The highest BCUT2D eigenvalue weighted by atomic mass is 16.3. The zero-order valence-electron chi connectivity index (χ0n) is 27.6. The summed E-state index contributed by atoms with van der Waals surface area (Å²) in [5, 5.41) is 8.48. The SMILES string of the molecule is c1ccc(N2c3ccc(-c4c5ccccc5c(-c5ccc6oc7cc8ncccc8cc7c6c5)c5ccccc45)cc3C3CCCCC32)cc1. The minimum absolute atomic E-state index is 0.524. The van der Waals surface area contributed by atoms with Gasteiger partial charge in [-0.15, -0.1) is 0 Å². The van der Waals surface area contributed by atoms with Crippen LogP contribution in [0, 0.1) is 0 Å². The molecule has 0 amide bonds. The summed E-state index contributed by atoms with van der Waals surface area (Å²) in [5.74, 6) is 0.556. The van der Waals surface area contributed by atoms with Gasteiger partial charge in [-0.1, -0.05) is 97.8 Å². The van der Waals surface area contributed by atoms with Gasteiger partial charge >= 0.3 is 0 Å². The van der Waals surface area contributed by atoms with Gasteiger partial charge in [-0.05, 0) is 111 Å². The summed E-state index contributed by atoms with van der Waals surface area (Å²) in [5.41, 5.74) is 12.0. The summed E-state index contributed by atoms with van der Waals surface area (Å²) in [6, 6.07) is 52.0. The molecule has 1 fully saturated rings. The lowest BCUT2D eigenvalue weighted by atomic mass is 9.81. The number of anilines is 2. The van der Waals surface area contributed by atoms with Crippen LogP contribution in [-0.2, 0) is 0 Å². The molecule has 238 valence electrons. The van der Waals surface area contributed by atoms with E-state index in [-0.39, 0.29) is 0 Å². The molecular weight excluding hydrogens is 609 g/mol. The molecule has 3 heteroatoms. The molecule has 2 atom stereocenters. The van der Waals surface area contributed by atoms with E-state index in [1.54, 1.807) is 0 Å². The number of pyridine rings is 1. The van der Waals surface area contributed by atoms with Crippen LogP contribution in [0.4, 0.5) is 11.4 Å². The van der Waals surface area contributed by atoms with Crippen molar-refractivity contribution in [2.24, 2.45) is 0 Å². The highest BCUT2D eigenvalue weighted by Gasteiger charge is 2.40. The molecule has 7 aromatic carbocycles. The van der Waals surface area contributed by atoms with Crippen molar-refractivity contribution in [2.45, 2.75) is 37.6 Å². The molecule has 1 saturated carbocycles. The predicted octanol–water partition coefficient (Wildman–Crippen LogP) is 13.0. The van der Waals surface area contributed by atoms with Crippen molar-refractivity contribution in [3.8, 4) is 22.3 Å². The maximum absolute atomic E-state index is 6.37. The van der Waals surface area contributed by atoms with Crippen LogP contribution in [0.15, 0.2) is 150 Å². The quantitative estimate of drug-likeness (QED) is 0.180. The van der Waals surface area contributed by atoms with Crippen molar-refractivity contribution in [2.75, 3.05) is 4.90 Å². The number of fused-ring (bicyclic) bond motifs is 9. The summed E-state index contributed by atoms with van der Waals surface area (Å²) in [6.07, 6.45) is 6.94. The minimum atomic E-state index is 0.524. The Balaban J connectivity index is 1.13. The third-order valence-corrected chi connectivity index (χ3v) is 11.5.